The van der Waals surface area contributed by atoms with E-state index in [0.29, 0.717) is 15.7 Å². The lowest BCUT2D eigenvalue weighted by atomic mass is 10.1. The largest absolute Gasteiger partial charge is 0.392 e. The lowest BCUT2D eigenvalue weighted by Crippen LogP contribution is -2.34. The average Bonchev–Trinajstić information content (AvgIpc) is 2.75. The van der Waals surface area contributed by atoms with Crippen molar-refractivity contribution in [3.63, 3.8) is 0 Å². The van der Waals surface area contributed by atoms with Crippen molar-refractivity contribution >= 4 is 23.5 Å². The Kier molecular flexibility index (Phi) is 5.04. The zero-order valence-corrected chi connectivity index (χ0v) is 12.9. The van der Waals surface area contributed by atoms with Crippen LogP contribution in [0.25, 0.3) is 0 Å². The van der Waals surface area contributed by atoms with E-state index in [9.17, 15) is 5.11 Å². The zero-order chi connectivity index (χ0) is 13.1. The Labute approximate surface area is 118 Å². The van der Waals surface area contributed by atoms with Gasteiger partial charge in [-0.05, 0) is 18.4 Å². The summed E-state index contributed by atoms with van der Waals surface area (Å²) in [6, 6.07) is 0. The van der Waals surface area contributed by atoms with Crippen LogP contribution < -0.4 is 0 Å². The number of hydrogen-bond donors (Lipinski definition) is 1. The minimum absolute atomic E-state index is 0.197. The van der Waals surface area contributed by atoms with Crippen molar-refractivity contribution in [3.05, 3.63) is 18.0 Å². The highest BCUT2D eigenvalue weighted by molar-refractivity contribution is 8.07. The van der Waals surface area contributed by atoms with Gasteiger partial charge in [-0.15, -0.1) is 0 Å². The summed E-state index contributed by atoms with van der Waals surface area (Å²) in [4.78, 5) is 0. The molecular weight excluding hydrogens is 264 g/mol. The monoisotopic (exact) mass is 286 g/mol. The molecule has 2 heterocycles. The SMILES string of the molecule is CC1SCC(C(O)CCc2cnn(C)c2)SC1C. The summed E-state index contributed by atoms with van der Waals surface area (Å²) in [6.45, 7) is 4.54. The van der Waals surface area contributed by atoms with E-state index < -0.39 is 0 Å². The van der Waals surface area contributed by atoms with Gasteiger partial charge in [0.15, 0.2) is 0 Å². The highest BCUT2D eigenvalue weighted by Crippen LogP contribution is 2.37. The van der Waals surface area contributed by atoms with Crippen LogP contribution in [0.2, 0.25) is 0 Å². The number of aromatic nitrogens is 2. The van der Waals surface area contributed by atoms with Crippen LogP contribution in [-0.4, -0.2) is 42.5 Å². The molecule has 1 N–H and O–H groups in total. The van der Waals surface area contributed by atoms with Crippen LogP contribution in [0.1, 0.15) is 25.8 Å². The molecule has 1 aromatic heterocycles. The average molecular weight is 286 g/mol. The van der Waals surface area contributed by atoms with Crippen molar-refractivity contribution in [3.8, 4) is 0 Å². The Morgan fingerprint density at radius 3 is 2.89 bits per heavy atom. The number of aliphatic hydroxyl groups excluding tert-OH is 1. The molecule has 102 valence electrons. The molecule has 3 nitrogen and oxygen atoms in total. The fourth-order valence-electron chi connectivity index (χ4n) is 2.11. The fourth-order valence-corrected chi connectivity index (χ4v) is 5.17. The van der Waals surface area contributed by atoms with Gasteiger partial charge < -0.3 is 5.11 Å². The molecule has 1 aliphatic heterocycles. The van der Waals surface area contributed by atoms with Crippen molar-refractivity contribution in [2.75, 3.05) is 5.75 Å². The first-order chi connectivity index (χ1) is 8.56. The summed E-state index contributed by atoms with van der Waals surface area (Å²) in [5.41, 5.74) is 1.21. The predicted octanol–water partition coefficient (Wildman–Crippen LogP) is 2.34. The standard InChI is InChI=1S/C13H22N2OS2/c1-9-10(2)18-13(8-17-9)12(16)5-4-11-6-14-15(3)7-11/h6-7,9-10,12-13,16H,4-5,8H2,1-3H3. The molecule has 1 fully saturated rings. The van der Waals surface area contributed by atoms with Gasteiger partial charge in [-0.3, -0.25) is 4.68 Å². The van der Waals surface area contributed by atoms with Crippen LogP contribution in [0.3, 0.4) is 0 Å². The summed E-state index contributed by atoms with van der Waals surface area (Å²) in [7, 11) is 1.93. The number of thioether (sulfide) groups is 2. The van der Waals surface area contributed by atoms with Crippen LogP contribution in [0, 0.1) is 0 Å². The van der Waals surface area contributed by atoms with Crippen LogP contribution in [0.15, 0.2) is 12.4 Å². The maximum absolute atomic E-state index is 10.3. The molecule has 0 aliphatic carbocycles. The molecule has 1 aliphatic rings. The normalized spacial score (nSPS) is 30.3. The maximum Gasteiger partial charge on any atom is 0.0670 e. The van der Waals surface area contributed by atoms with E-state index in [-0.39, 0.29) is 6.10 Å². The Morgan fingerprint density at radius 2 is 2.28 bits per heavy atom. The smallest absolute Gasteiger partial charge is 0.0670 e. The minimum Gasteiger partial charge on any atom is -0.392 e. The van der Waals surface area contributed by atoms with Crippen molar-refractivity contribution in [1.29, 1.82) is 0 Å². The number of aryl methyl sites for hydroxylation is 2. The molecule has 0 aromatic carbocycles. The molecule has 1 aromatic rings. The molecule has 0 amide bonds. The van der Waals surface area contributed by atoms with Gasteiger partial charge >= 0.3 is 0 Å². The number of aliphatic hydroxyl groups is 1. The third-order valence-corrected chi connectivity index (χ3v) is 7.03. The van der Waals surface area contributed by atoms with Gasteiger partial charge in [-0.1, -0.05) is 13.8 Å². The number of rotatable bonds is 4. The van der Waals surface area contributed by atoms with Crippen molar-refractivity contribution in [2.24, 2.45) is 7.05 Å². The molecule has 18 heavy (non-hydrogen) atoms. The molecule has 0 radical (unpaired) electrons. The van der Waals surface area contributed by atoms with Gasteiger partial charge in [0.25, 0.3) is 0 Å². The first-order valence-corrected chi connectivity index (χ1v) is 8.48. The molecule has 1 saturated heterocycles. The highest BCUT2D eigenvalue weighted by atomic mass is 32.2. The van der Waals surface area contributed by atoms with Gasteiger partial charge in [0.2, 0.25) is 0 Å². The van der Waals surface area contributed by atoms with Gasteiger partial charge in [-0.25, -0.2) is 0 Å². The summed E-state index contributed by atoms with van der Waals surface area (Å²) in [5, 5.41) is 16.2. The Balaban J connectivity index is 1.79. The van der Waals surface area contributed by atoms with E-state index >= 15 is 0 Å². The minimum atomic E-state index is -0.197. The van der Waals surface area contributed by atoms with Gasteiger partial charge in [-0.2, -0.15) is 28.6 Å². The van der Waals surface area contributed by atoms with E-state index in [4.69, 9.17) is 0 Å². The summed E-state index contributed by atoms with van der Waals surface area (Å²) in [5.74, 6) is 1.07. The highest BCUT2D eigenvalue weighted by Gasteiger charge is 2.30. The molecular formula is C13H22N2OS2. The molecule has 0 spiro atoms. The third-order valence-electron chi connectivity index (χ3n) is 3.49. The summed E-state index contributed by atoms with van der Waals surface area (Å²) >= 11 is 3.94. The third kappa shape index (κ3) is 3.68. The van der Waals surface area contributed by atoms with E-state index in [0.717, 1.165) is 18.6 Å². The summed E-state index contributed by atoms with van der Waals surface area (Å²) < 4.78 is 1.82. The topological polar surface area (TPSA) is 38.1 Å². The Morgan fingerprint density at radius 1 is 1.50 bits per heavy atom. The van der Waals surface area contributed by atoms with Crippen LogP contribution >= 0.6 is 23.5 Å². The Hall–Kier alpha value is -0.130. The Bertz CT molecular complexity index is 383. The van der Waals surface area contributed by atoms with E-state index in [1.165, 1.54) is 5.56 Å². The van der Waals surface area contributed by atoms with Crippen LogP contribution in [0.4, 0.5) is 0 Å². The molecule has 4 atom stereocenters. The van der Waals surface area contributed by atoms with Crippen LogP contribution in [-0.2, 0) is 13.5 Å². The second-order valence-electron chi connectivity index (χ2n) is 5.05. The quantitative estimate of drug-likeness (QED) is 0.922. The lowest BCUT2D eigenvalue weighted by molar-refractivity contribution is 0.167. The van der Waals surface area contributed by atoms with E-state index in [2.05, 4.69) is 18.9 Å². The van der Waals surface area contributed by atoms with E-state index in [1.807, 2.05) is 47.6 Å². The molecule has 4 unspecified atom stereocenters. The molecule has 0 bridgehead atoms. The number of nitrogens with zero attached hydrogens (tertiary/aromatic N) is 2. The summed E-state index contributed by atoms with van der Waals surface area (Å²) in [6.07, 6.45) is 5.48. The molecule has 2 rings (SSSR count). The van der Waals surface area contributed by atoms with Crippen molar-refractivity contribution in [1.82, 2.24) is 9.78 Å². The van der Waals surface area contributed by atoms with E-state index in [1.54, 1.807) is 0 Å². The fraction of sp³-hybridized carbons (Fsp3) is 0.769. The van der Waals surface area contributed by atoms with Gasteiger partial charge in [0.05, 0.1) is 12.3 Å². The maximum atomic E-state index is 10.3. The lowest BCUT2D eigenvalue weighted by Gasteiger charge is -2.33. The predicted molar refractivity (Wildman–Crippen MR) is 80.3 cm³/mol. The second kappa shape index (κ2) is 6.35. The van der Waals surface area contributed by atoms with Gasteiger partial charge in [0.1, 0.15) is 0 Å². The van der Waals surface area contributed by atoms with Crippen molar-refractivity contribution < 1.29 is 5.11 Å². The second-order valence-corrected chi connectivity index (χ2v) is 8.08. The first-order valence-electron chi connectivity index (χ1n) is 6.49. The van der Waals surface area contributed by atoms with Crippen molar-refractivity contribution in [2.45, 2.75) is 48.5 Å². The molecule has 0 saturated carbocycles. The number of hydrogen-bond acceptors (Lipinski definition) is 4. The molecule has 5 heteroatoms. The van der Waals surface area contributed by atoms with Crippen LogP contribution in [0.5, 0.6) is 0 Å². The first kappa shape index (κ1) is 14.3. The van der Waals surface area contributed by atoms with Gasteiger partial charge in [0, 0.05) is 34.7 Å². The zero-order valence-electron chi connectivity index (χ0n) is 11.2.